The Hall–Kier alpha value is -0.870. The molecule has 0 amide bonds. The Labute approximate surface area is 91.1 Å². The lowest BCUT2D eigenvalue weighted by atomic mass is 10.1. The maximum Gasteiger partial charge on any atom is 0.188 e. The second-order valence-electron chi connectivity index (χ2n) is 2.71. The summed E-state index contributed by atoms with van der Waals surface area (Å²) >= 11 is 3.31. The van der Waals surface area contributed by atoms with Crippen LogP contribution >= 0.6 is 15.9 Å². The van der Waals surface area contributed by atoms with Gasteiger partial charge in [-0.25, -0.2) is 0 Å². The van der Waals surface area contributed by atoms with Gasteiger partial charge in [0.2, 0.25) is 0 Å². The standard InChI is InChI=1S/C10H11BrO3/c1-13-6-9(12)7-3-4-10(14-2)8(11)5-7/h3-5H,6H2,1-2H3. The molecule has 14 heavy (non-hydrogen) atoms. The van der Waals surface area contributed by atoms with Gasteiger partial charge in [0.05, 0.1) is 11.6 Å². The van der Waals surface area contributed by atoms with Gasteiger partial charge < -0.3 is 9.47 Å². The number of carbonyl (C=O) groups is 1. The number of hydrogen-bond donors (Lipinski definition) is 0. The van der Waals surface area contributed by atoms with Crippen molar-refractivity contribution >= 4 is 21.7 Å². The van der Waals surface area contributed by atoms with E-state index in [9.17, 15) is 4.79 Å². The van der Waals surface area contributed by atoms with Crippen molar-refractivity contribution in [1.29, 1.82) is 0 Å². The fourth-order valence-electron chi connectivity index (χ4n) is 1.05. The molecule has 0 radical (unpaired) electrons. The summed E-state index contributed by atoms with van der Waals surface area (Å²) < 4.78 is 10.6. The molecule has 76 valence electrons. The molecule has 0 spiro atoms. The minimum absolute atomic E-state index is 0.0455. The average Bonchev–Trinajstić information content (AvgIpc) is 2.18. The van der Waals surface area contributed by atoms with Crippen LogP contribution in [0.25, 0.3) is 0 Å². The fourth-order valence-corrected chi connectivity index (χ4v) is 1.59. The summed E-state index contributed by atoms with van der Waals surface area (Å²) in [6.45, 7) is 0.0960. The van der Waals surface area contributed by atoms with Crippen LogP contribution in [0.3, 0.4) is 0 Å². The van der Waals surface area contributed by atoms with Crippen LogP contribution in [0.4, 0.5) is 0 Å². The van der Waals surface area contributed by atoms with E-state index in [0.717, 1.165) is 4.47 Å². The monoisotopic (exact) mass is 258 g/mol. The van der Waals surface area contributed by atoms with Crippen molar-refractivity contribution in [1.82, 2.24) is 0 Å². The van der Waals surface area contributed by atoms with Crippen LogP contribution in [0.15, 0.2) is 22.7 Å². The summed E-state index contributed by atoms with van der Waals surface area (Å²) in [6.07, 6.45) is 0. The Morgan fingerprint density at radius 2 is 2.14 bits per heavy atom. The molecule has 0 aliphatic heterocycles. The molecular weight excluding hydrogens is 248 g/mol. The minimum Gasteiger partial charge on any atom is -0.496 e. The lowest BCUT2D eigenvalue weighted by Gasteiger charge is -2.05. The Morgan fingerprint density at radius 3 is 2.64 bits per heavy atom. The van der Waals surface area contributed by atoms with Crippen molar-refractivity contribution in [3.63, 3.8) is 0 Å². The second-order valence-corrected chi connectivity index (χ2v) is 3.56. The van der Waals surface area contributed by atoms with Crippen LogP contribution in [0, 0.1) is 0 Å². The van der Waals surface area contributed by atoms with E-state index >= 15 is 0 Å². The quantitative estimate of drug-likeness (QED) is 0.778. The first-order valence-electron chi connectivity index (χ1n) is 4.04. The molecule has 0 unspecified atom stereocenters. The molecule has 1 rings (SSSR count). The summed E-state index contributed by atoms with van der Waals surface area (Å²) in [5, 5.41) is 0. The van der Waals surface area contributed by atoms with Gasteiger partial charge in [-0.1, -0.05) is 0 Å². The summed E-state index contributed by atoms with van der Waals surface area (Å²) in [5.41, 5.74) is 0.611. The third-order valence-corrected chi connectivity index (χ3v) is 2.37. The minimum atomic E-state index is -0.0455. The van der Waals surface area contributed by atoms with E-state index in [4.69, 9.17) is 9.47 Å². The fraction of sp³-hybridized carbons (Fsp3) is 0.300. The number of Topliss-reactive ketones (excluding diaryl/α,β-unsaturated/α-hetero) is 1. The number of benzene rings is 1. The van der Waals surface area contributed by atoms with Gasteiger partial charge in [-0.05, 0) is 34.1 Å². The van der Waals surface area contributed by atoms with Crippen molar-refractivity contribution < 1.29 is 14.3 Å². The topological polar surface area (TPSA) is 35.5 Å². The van der Waals surface area contributed by atoms with Crippen molar-refractivity contribution in [2.45, 2.75) is 0 Å². The number of methoxy groups -OCH3 is 2. The maximum absolute atomic E-state index is 11.4. The highest BCUT2D eigenvalue weighted by molar-refractivity contribution is 9.10. The third kappa shape index (κ3) is 2.56. The van der Waals surface area contributed by atoms with Gasteiger partial charge in [0, 0.05) is 12.7 Å². The van der Waals surface area contributed by atoms with Gasteiger partial charge >= 0.3 is 0 Å². The van der Waals surface area contributed by atoms with Gasteiger partial charge in [0.15, 0.2) is 5.78 Å². The second kappa shape index (κ2) is 5.12. The zero-order valence-corrected chi connectivity index (χ0v) is 9.63. The Balaban J connectivity index is 2.91. The van der Waals surface area contributed by atoms with Crippen molar-refractivity contribution in [2.24, 2.45) is 0 Å². The predicted octanol–water partition coefficient (Wildman–Crippen LogP) is 2.29. The molecule has 0 saturated carbocycles. The zero-order valence-electron chi connectivity index (χ0n) is 8.04. The van der Waals surface area contributed by atoms with Crippen LogP contribution in [0.2, 0.25) is 0 Å². The van der Waals surface area contributed by atoms with E-state index in [2.05, 4.69) is 15.9 Å². The molecule has 1 aromatic rings. The highest BCUT2D eigenvalue weighted by Gasteiger charge is 2.07. The molecule has 0 N–H and O–H groups in total. The molecule has 0 fully saturated rings. The van der Waals surface area contributed by atoms with Gasteiger partial charge in [-0.15, -0.1) is 0 Å². The van der Waals surface area contributed by atoms with Gasteiger partial charge in [-0.3, -0.25) is 4.79 Å². The smallest absolute Gasteiger partial charge is 0.188 e. The van der Waals surface area contributed by atoms with E-state index in [-0.39, 0.29) is 12.4 Å². The Kier molecular flexibility index (Phi) is 4.10. The largest absolute Gasteiger partial charge is 0.496 e. The molecule has 0 aromatic heterocycles. The summed E-state index contributed by atoms with van der Waals surface area (Å²) in [6, 6.07) is 5.18. The molecule has 0 atom stereocenters. The van der Waals surface area contributed by atoms with E-state index in [1.54, 1.807) is 25.3 Å². The van der Waals surface area contributed by atoms with Gasteiger partial charge in [0.25, 0.3) is 0 Å². The molecular formula is C10H11BrO3. The number of carbonyl (C=O) groups excluding carboxylic acids is 1. The molecule has 3 nitrogen and oxygen atoms in total. The highest BCUT2D eigenvalue weighted by Crippen LogP contribution is 2.25. The first-order valence-corrected chi connectivity index (χ1v) is 4.84. The molecule has 1 aromatic carbocycles. The van der Waals surface area contributed by atoms with Crippen molar-refractivity contribution in [3.8, 4) is 5.75 Å². The van der Waals surface area contributed by atoms with E-state index in [1.807, 2.05) is 0 Å². The van der Waals surface area contributed by atoms with Crippen LogP contribution < -0.4 is 4.74 Å². The van der Waals surface area contributed by atoms with Crippen LogP contribution in [-0.4, -0.2) is 26.6 Å². The number of rotatable bonds is 4. The van der Waals surface area contributed by atoms with Crippen LogP contribution in [-0.2, 0) is 4.74 Å². The van der Waals surface area contributed by atoms with E-state index in [0.29, 0.717) is 11.3 Å². The number of ketones is 1. The molecule has 0 aliphatic rings. The summed E-state index contributed by atoms with van der Waals surface area (Å²) in [7, 11) is 3.08. The van der Waals surface area contributed by atoms with Gasteiger partial charge in [0.1, 0.15) is 12.4 Å². The first-order chi connectivity index (χ1) is 6.69. The van der Waals surface area contributed by atoms with Crippen molar-refractivity contribution in [3.05, 3.63) is 28.2 Å². The van der Waals surface area contributed by atoms with Gasteiger partial charge in [-0.2, -0.15) is 0 Å². The number of halogens is 1. The SMILES string of the molecule is COCC(=O)c1ccc(OC)c(Br)c1. The Bertz CT molecular complexity index is 336. The molecule has 0 saturated heterocycles. The highest BCUT2D eigenvalue weighted by atomic mass is 79.9. The normalized spacial score (nSPS) is 9.93. The number of ether oxygens (including phenoxy) is 2. The lowest BCUT2D eigenvalue weighted by molar-refractivity contribution is 0.0848. The molecule has 0 bridgehead atoms. The summed E-state index contributed by atoms with van der Waals surface area (Å²) in [5.74, 6) is 0.662. The van der Waals surface area contributed by atoms with E-state index in [1.165, 1.54) is 7.11 Å². The summed E-state index contributed by atoms with van der Waals surface area (Å²) in [4.78, 5) is 11.4. The first kappa shape index (κ1) is 11.2. The molecule has 0 heterocycles. The lowest BCUT2D eigenvalue weighted by Crippen LogP contribution is -2.06. The van der Waals surface area contributed by atoms with Crippen molar-refractivity contribution in [2.75, 3.05) is 20.8 Å². The average molecular weight is 259 g/mol. The molecule has 4 heteroatoms. The zero-order chi connectivity index (χ0) is 10.6. The molecule has 0 aliphatic carbocycles. The Morgan fingerprint density at radius 1 is 1.43 bits per heavy atom. The predicted molar refractivity (Wildman–Crippen MR) is 56.9 cm³/mol. The third-order valence-electron chi connectivity index (χ3n) is 1.75. The number of hydrogen-bond acceptors (Lipinski definition) is 3. The van der Waals surface area contributed by atoms with E-state index < -0.39 is 0 Å². The van der Waals surface area contributed by atoms with Crippen LogP contribution in [0.5, 0.6) is 5.75 Å². The van der Waals surface area contributed by atoms with Crippen LogP contribution in [0.1, 0.15) is 10.4 Å². The maximum atomic E-state index is 11.4.